The summed E-state index contributed by atoms with van der Waals surface area (Å²) >= 11 is 6.26. The molecule has 0 saturated carbocycles. The Labute approximate surface area is 115 Å². The second-order valence-electron chi connectivity index (χ2n) is 3.94. The van der Waals surface area contributed by atoms with Crippen LogP contribution in [0.3, 0.4) is 0 Å². The summed E-state index contributed by atoms with van der Waals surface area (Å²) in [5.41, 5.74) is 6.01. The van der Waals surface area contributed by atoms with E-state index in [-0.39, 0.29) is 5.84 Å². The maximum Gasteiger partial charge on any atom is 0.171 e. The number of halogens is 1. The number of oxime groups is 1. The summed E-state index contributed by atoms with van der Waals surface area (Å²) in [4.78, 5) is 8.51. The zero-order valence-electron chi connectivity index (χ0n) is 10.4. The van der Waals surface area contributed by atoms with Gasteiger partial charge in [0.2, 0.25) is 0 Å². The smallest absolute Gasteiger partial charge is 0.171 e. The van der Waals surface area contributed by atoms with Crippen LogP contribution >= 0.6 is 11.6 Å². The molecule has 0 spiro atoms. The van der Waals surface area contributed by atoms with Crippen LogP contribution < -0.4 is 5.73 Å². The molecule has 19 heavy (non-hydrogen) atoms. The second kappa shape index (κ2) is 5.71. The number of aryl methyl sites for hydroxylation is 1. The van der Waals surface area contributed by atoms with Gasteiger partial charge in [0, 0.05) is 30.6 Å². The van der Waals surface area contributed by atoms with Crippen molar-refractivity contribution < 1.29 is 5.21 Å². The number of nitrogens with zero attached hydrogens (tertiary/aromatic N) is 4. The van der Waals surface area contributed by atoms with Crippen LogP contribution in [0.5, 0.6) is 0 Å². The largest absolute Gasteiger partial charge is 0.409 e. The van der Waals surface area contributed by atoms with Gasteiger partial charge in [-0.25, -0.2) is 9.97 Å². The van der Waals surface area contributed by atoms with Crippen molar-refractivity contribution in [3.8, 4) is 5.82 Å². The predicted octanol–water partition coefficient (Wildman–Crippen LogP) is 1.97. The number of hydrogen-bond donors (Lipinski definition) is 2. The van der Waals surface area contributed by atoms with Crippen LogP contribution in [-0.2, 0) is 6.42 Å². The maximum absolute atomic E-state index is 8.74. The van der Waals surface area contributed by atoms with E-state index in [0.29, 0.717) is 16.4 Å². The molecule has 100 valence electrons. The number of rotatable bonds is 4. The standard InChI is InChI=1S/C12H14ClN5O/c1-2-3-9-15-6-7-18(9)12-10(13)8(4-5-16-12)11(14)17-19/h4-7,19H,2-3H2,1H3,(H2,14,17). The van der Waals surface area contributed by atoms with Crippen molar-refractivity contribution in [1.29, 1.82) is 0 Å². The first-order valence-corrected chi connectivity index (χ1v) is 6.21. The Morgan fingerprint density at radius 3 is 2.95 bits per heavy atom. The molecular weight excluding hydrogens is 266 g/mol. The summed E-state index contributed by atoms with van der Waals surface area (Å²) in [6.07, 6.45) is 6.83. The molecule has 0 unspecified atom stereocenters. The van der Waals surface area contributed by atoms with Crippen LogP contribution in [0.2, 0.25) is 5.02 Å². The highest BCUT2D eigenvalue weighted by Crippen LogP contribution is 2.23. The summed E-state index contributed by atoms with van der Waals surface area (Å²) in [5.74, 6) is 1.34. The van der Waals surface area contributed by atoms with E-state index in [0.717, 1.165) is 18.7 Å². The molecular formula is C12H14ClN5O. The quantitative estimate of drug-likeness (QED) is 0.387. The molecule has 0 bridgehead atoms. The van der Waals surface area contributed by atoms with Gasteiger partial charge < -0.3 is 10.9 Å². The first kappa shape index (κ1) is 13.4. The zero-order valence-corrected chi connectivity index (χ0v) is 11.2. The minimum absolute atomic E-state index is 0.0502. The first-order chi connectivity index (χ1) is 9.19. The molecule has 2 rings (SSSR count). The van der Waals surface area contributed by atoms with E-state index in [4.69, 9.17) is 22.5 Å². The molecule has 2 aromatic rings. The third-order valence-corrected chi connectivity index (χ3v) is 3.05. The molecule has 6 nitrogen and oxygen atoms in total. The molecule has 0 fully saturated rings. The Kier molecular flexibility index (Phi) is 4.01. The predicted molar refractivity (Wildman–Crippen MR) is 72.9 cm³/mol. The molecule has 7 heteroatoms. The highest BCUT2D eigenvalue weighted by atomic mass is 35.5. The summed E-state index contributed by atoms with van der Waals surface area (Å²) in [5, 5.41) is 12.0. The maximum atomic E-state index is 8.74. The van der Waals surface area contributed by atoms with Crippen molar-refractivity contribution in [2.24, 2.45) is 10.9 Å². The number of pyridine rings is 1. The molecule has 0 aliphatic heterocycles. The summed E-state index contributed by atoms with van der Waals surface area (Å²) in [6.45, 7) is 2.07. The van der Waals surface area contributed by atoms with Gasteiger partial charge in [-0.2, -0.15) is 0 Å². The van der Waals surface area contributed by atoms with Crippen LogP contribution in [0.25, 0.3) is 5.82 Å². The number of hydrogen-bond acceptors (Lipinski definition) is 4. The second-order valence-corrected chi connectivity index (χ2v) is 4.32. The van der Waals surface area contributed by atoms with E-state index in [1.54, 1.807) is 29.2 Å². The Hall–Kier alpha value is -2.08. The number of nitrogens with two attached hydrogens (primary N) is 1. The van der Waals surface area contributed by atoms with Crippen molar-refractivity contribution >= 4 is 17.4 Å². The topological polar surface area (TPSA) is 89.3 Å². The molecule has 0 aliphatic rings. The molecule has 0 saturated heterocycles. The molecule has 0 radical (unpaired) electrons. The van der Waals surface area contributed by atoms with Gasteiger partial charge in [0.05, 0.1) is 5.02 Å². The fourth-order valence-corrected chi connectivity index (χ4v) is 2.09. The van der Waals surface area contributed by atoms with Crippen molar-refractivity contribution in [3.63, 3.8) is 0 Å². The van der Waals surface area contributed by atoms with Crippen molar-refractivity contribution in [2.75, 3.05) is 0 Å². The van der Waals surface area contributed by atoms with E-state index < -0.39 is 0 Å². The van der Waals surface area contributed by atoms with Crippen LogP contribution in [0, 0.1) is 0 Å². The first-order valence-electron chi connectivity index (χ1n) is 5.84. The average molecular weight is 280 g/mol. The molecule has 3 N–H and O–H groups in total. The Balaban J connectivity index is 2.54. The SMILES string of the molecule is CCCc1nccn1-c1nccc(/C(N)=N/O)c1Cl. The van der Waals surface area contributed by atoms with Gasteiger partial charge >= 0.3 is 0 Å². The highest BCUT2D eigenvalue weighted by Gasteiger charge is 2.14. The third-order valence-electron chi connectivity index (χ3n) is 2.67. The molecule has 0 amide bonds. The molecule has 2 aromatic heterocycles. The number of amidine groups is 1. The fraction of sp³-hybridized carbons (Fsp3) is 0.250. The highest BCUT2D eigenvalue weighted by molar-refractivity contribution is 6.35. The average Bonchev–Trinajstić information content (AvgIpc) is 2.87. The lowest BCUT2D eigenvalue weighted by Crippen LogP contribution is -2.15. The van der Waals surface area contributed by atoms with Gasteiger partial charge in [0.1, 0.15) is 5.82 Å². The lowest BCUT2D eigenvalue weighted by Gasteiger charge is -2.10. The fourth-order valence-electron chi connectivity index (χ4n) is 1.79. The van der Waals surface area contributed by atoms with Gasteiger partial charge in [-0.3, -0.25) is 4.57 Å². The van der Waals surface area contributed by atoms with Gasteiger partial charge in [-0.15, -0.1) is 0 Å². The van der Waals surface area contributed by atoms with Crippen LogP contribution in [0.4, 0.5) is 0 Å². The van der Waals surface area contributed by atoms with Gasteiger partial charge in [0.25, 0.3) is 0 Å². The molecule has 0 atom stereocenters. The van der Waals surface area contributed by atoms with Crippen LogP contribution in [0.15, 0.2) is 29.8 Å². The normalized spacial score (nSPS) is 11.8. The van der Waals surface area contributed by atoms with E-state index in [1.165, 1.54) is 0 Å². The number of aromatic nitrogens is 3. The van der Waals surface area contributed by atoms with Gasteiger partial charge in [-0.1, -0.05) is 23.7 Å². The van der Waals surface area contributed by atoms with Crippen LogP contribution in [0.1, 0.15) is 24.7 Å². The van der Waals surface area contributed by atoms with E-state index in [1.807, 2.05) is 0 Å². The third kappa shape index (κ3) is 2.53. The lowest BCUT2D eigenvalue weighted by atomic mass is 10.2. The van der Waals surface area contributed by atoms with Crippen molar-refractivity contribution in [1.82, 2.24) is 14.5 Å². The van der Waals surface area contributed by atoms with Gasteiger partial charge in [0.15, 0.2) is 11.7 Å². The van der Waals surface area contributed by atoms with E-state index in [2.05, 4.69) is 22.0 Å². The zero-order chi connectivity index (χ0) is 13.8. The van der Waals surface area contributed by atoms with E-state index >= 15 is 0 Å². The van der Waals surface area contributed by atoms with Crippen molar-refractivity contribution in [3.05, 3.63) is 41.1 Å². The minimum Gasteiger partial charge on any atom is -0.409 e. The minimum atomic E-state index is -0.0502. The number of imidazole rings is 1. The Morgan fingerprint density at radius 1 is 1.47 bits per heavy atom. The molecule has 0 aromatic carbocycles. The van der Waals surface area contributed by atoms with E-state index in [9.17, 15) is 0 Å². The van der Waals surface area contributed by atoms with Crippen LogP contribution in [-0.4, -0.2) is 25.6 Å². The Morgan fingerprint density at radius 2 is 2.26 bits per heavy atom. The summed E-state index contributed by atoms with van der Waals surface area (Å²) in [6, 6.07) is 1.59. The molecule has 0 aliphatic carbocycles. The van der Waals surface area contributed by atoms with Crippen molar-refractivity contribution in [2.45, 2.75) is 19.8 Å². The lowest BCUT2D eigenvalue weighted by molar-refractivity contribution is 0.318. The monoisotopic (exact) mass is 279 g/mol. The summed E-state index contributed by atoms with van der Waals surface area (Å²) in [7, 11) is 0. The molecule has 2 heterocycles. The summed E-state index contributed by atoms with van der Waals surface area (Å²) < 4.78 is 1.81. The van der Waals surface area contributed by atoms with Gasteiger partial charge in [-0.05, 0) is 12.5 Å². The Bertz CT molecular complexity index is 608.